The van der Waals surface area contributed by atoms with Gasteiger partial charge in [0.2, 0.25) is 11.8 Å². The molecule has 0 spiro atoms. The number of piperazine rings is 1. The largest absolute Gasteiger partial charge is 0.343 e. The van der Waals surface area contributed by atoms with Gasteiger partial charge in [0.25, 0.3) is 0 Å². The number of carbonyl (C=O) groups is 2. The molecule has 0 aliphatic carbocycles. The number of hydrogen-bond donors (Lipinski definition) is 1. The average molecular weight is 282 g/mol. The highest BCUT2D eigenvalue weighted by Crippen LogP contribution is 2.24. The highest BCUT2D eigenvalue weighted by molar-refractivity contribution is 5.99. The molecule has 1 atom stereocenters. The molecule has 0 radical (unpaired) electrons. The molecule has 6 heteroatoms. The second kappa shape index (κ2) is 4.85. The summed E-state index contributed by atoms with van der Waals surface area (Å²) in [6, 6.07) is 2.82. The normalized spacial score (nSPS) is 21.9. The van der Waals surface area contributed by atoms with Crippen molar-refractivity contribution in [2.75, 3.05) is 0 Å². The quantitative estimate of drug-likeness (QED) is 0.895. The highest BCUT2D eigenvalue weighted by Gasteiger charge is 2.44. The van der Waals surface area contributed by atoms with Crippen molar-refractivity contribution in [1.82, 2.24) is 10.2 Å². The van der Waals surface area contributed by atoms with Crippen LogP contribution in [0.5, 0.6) is 0 Å². The van der Waals surface area contributed by atoms with E-state index in [4.69, 9.17) is 0 Å². The van der Waals surface area contributed by atoms with Crippen molar-refractivity contribution in [2.24, 2.45) is 0 Å². The minimum atomic E-state index is -1.03. The van der Waals surface area contributed by atoms with Crippen LogP contribution in [0, 0.1) is 11.6 Å². The van der Waals surface area contributed by atoms with Gasteiger partial charge in [0.05, 0.1) is 0 Å². The molecule has 1 N–H and O–H groups in total. The van der Waals surface area contributed by atoms with Crippen molar-refractivity contribution >= 4 is 11.8 Å². The average Bonchev–Trinajstić information content (AvgIpc) is 2.37. The van der Waals surface area contributed by atoms with E-state index in [9.17, 15) is 18.4 Å². The van der Waals surface area contributed by atoms with Gasteiger partial charge in [0.1, 0.15) is 11.6 Å². The van der Waals surface area contributed by atoms with Gasteiger partial charge in [-0.05, 0) is 38.5 Å². The Morgan fingerprint density at radius 3 is 2.50 bits per heavy atom. The van der Waals surface area contributed by atoms with E-state index in [-0.39, 0.29) is 18.4 Å². The molecule has 2 amide bonds. The number of rotatable bonds is 2. The molecule has 1 aromatic rings. The van der Waals surface area contributed by atoms with Crippen LogP contribution in [0.4, 0.5) is 8.78 Å². The van der Waals surface area contributed by atoms with E-state index in [2.05, 4.69) is 5.32 Å². The number of nitrogens with one attached hydrogen (secondary N) is 1. The first-order valence-corrected chi connectivity index (χ1v) is 6.30. The molecule has 0 aromatic heterocycles. The van der Waals surface area contributed by atoms with E-state index in [1.165, 1.54) is 11.0 Å². The van der Waals surface area contributed by atoms with Gasteiger partial charge >= 0.3 is 0 Å². The third-order valence-electron chi connectivity index (χ3n) is 3.54. The van der Waals surface area contributed by atoms with Gasteiger partial charge in [-0.1, -0.05) is 6.07 Å². The van der Waals surface area contributed by atoms with Gasteiger partial charge in [0.15, 0.2) is 11.6 Å². The van der Waals surface area contributed by atoms with Crippen molar-refractivity contribution in [1.29, 1.82) is 0 Å². The molecule has 0 bridgehead atoms. The first-order chi connectivity index (χ1) is 9.23. The Labute approximate surface area is 115 Å². The van der Waals surface area contributed by atoms with Gasteiger partial charge in [-0.2, -0.15) is 0 Å². The van der Waals surface area contributed by atoms with Crippen LogP contribution in [0.15, 0.2) is 18.2 Å². The number of carbonyl (C=O) groups excluding carboxylic acids is 2. The second-order valence-corrected chi connectivity index (χ2v) is 5.43. The monoisotopic (exact) mass is 282 g/mol. The lowest BCUT2D eigenvalue weighted by molar-refractivity contribution is -0.155. The Hall–Kier alpha value is -1.98. The molecule has 1 aliphatic rings. The minimum absolute atomic E-state index is 0.0563. The lowest BCUT2D eigenvalue weighted by Gasteiger charge is -2.43. The van der Waals surface area contributed by atoms with Crippen molar-refractivity contribution < 1.29 is 18.4 Å². The Morgan fingerprint density at radius 1 is 1.25 bits per heavy atom. The van der Waals surface area contributed by atoms with Crippen LogP contribution in [-0.4, -0.2) is 28.3 Å². The summed E-state index contributed by atoms with van der Waals surface area (Å²) >= 11 is 0. The predicted octanol–water partition coefficient (Wildman–Crippen LogP) is 1.59. The fourth-order valence-electron chi connectivity index (χ4n) is 2.16. The zero-order valence-corrected chi connectivity index (χ0v) is 11.5. The third kappa shape index (κ3) is 2.37. The molecule has 2 rings (SSSR count). The van der Waals surface area contributed by atoms with Crippen molar-refractivity contribution in [3.05, 3.63) is 35.4 Å². The fourth-order valence-corrected chi connectivity index (χ4v) is 2.16. The smallest absolute Gasteiger partial charge is 0.246 e. The summed E-state index contributed by atoms with van der Waals surface area (Å²) in [5, 5.41) is 2.59. The molecule has 108 valence electrons. The molecular formula is C14H16F2N2O2. The predicted molar refractivity (Wildman–Crippen MR) is 68.6 cm³/mol. The second-order valence-electron chi connectivity index (χ2n) is 5.43. The van der Waals surface area contributed by atoms with Gasteiger partial charge in [-0.3, -0.25) is 9.59 Å². The number of benzene rings is 1. The van der Waals surface area contributed by atoms with E-state index in [0.717, 1.165) is 12.1 Å². The van der Waals surface area contributed by atoms with Crippen LogP contribution < -0.4 is 5.32 Å². The lowest BCUT2D eigenvalue weighted by atomic mass is 9.95. The minimum Gasteiger partial charge on any atom is -0.343 e. The number of amides is 2. The zero-order chi connectivity index (χ0) is 15.1. The standard InChI is InChI=1S/C14H16F2N2O2/c1-8-12(19)18(14(2,3)13(20)17-8)7-9-4-5-10(15)11(16)6-9/h4-6,8H,7H2,1-3H3,(H,17,20). The van der Waals surface area contributed by atoms with Crippen LogP contribution in [0.1, 0.15) is 26.3 Å². The summed E-state index contributed by atoms with van der Waals surface area (Å²) in [5.74, 6) is -2.43. The van der Waals surface area contributed by atoms with Gasteiger partial charge in [-0.25, -0.2) is 8.78 Å². The number of nitrogens with zero attached hydrogens (tertiary/aromatic N) is 1. The Kier molecular flexibility index (Phi) is 3.50. The Bertz CT molecular complexity index is 572. The topological polar surface area (TPSA) is 49.4 Å². The molecule has 1 fully saturated rings. The summed E-state index contributed by atoms with van der Waals surface area (Å²) in [4.78, 5) is 25.5. The summed E-state index contributed by atoms with van der Waals surface area (Å²) in [6.45, 7) is 4.88. The molecule has 1 saturated heterocycles. The lowest BCUT2D eigenvalue weighted by Crippen LogP contribution is -2.67. The molecule has 1 aromatic carbocycles. The fraction of sp³-hybridized carbons (Fsp3) is 0.429. The Balaban J connectivity index is 2.31. The first kappa shape index (κ1) is 14.4. The van der Waals surface area contributed by atoms with Crippen molar-refractivity contribution in [3.63, 3.8) is 0 Å². The molecule has 0 saturated carbocycles. The molecule has 20 heavy (non-hydrogen) atoms. The van der Waals surface area contributed by atoms with E-state index in [0.29, 0.717) is 5.56 Å². The van der Waals surface area contributed by atoms with Gasteiger partial charge < -0.3 is 10.2 Å². The summed E-state index contributed by atoms with van der Waals surface area (Å²) in [7, 11) is 0. The SMILES string of the molecule is CC1NC(=O)C(C)(C)N(Cc2ccc(F)c(F)c2)C1=O. The van der Waals surface area contributed by atoms with Gasteiger partial charge in [0, 0.05) is 6.54 Å². The van der Waals surface area contributed by atoms with Crippen molar-refractivity contribution in [2.45, 2.75) is 38.9 Å². The van der Waals surface area contributed by atoms with Crippen molar-refractivity contribution in [3.8, 4) is 0 Å². The summed E-state index contributed by atoms with van der Waals surface area (Å²) in [6.07, 6.45) is 0. The maximum absolute atomic E-state index is 13.2. The van der Waals surface area contributed by atoms with E-state index in [1.807, 2.05) is 0 Å². The molecule has 1 aliphatic heterocycles. The summed E-state index contributed by atoms with van der Waals surface area (Å²) < 4.78 is 26.1. The maximum Gasteiger partial charge on any atom is 0.246 e. The number of hydrogen-bond acceptors (Lipinski definition) is 2. The van der Waals surface area contributed by atoms with Crippen LogP contribution in [0.25, 0.3) is 0 Å². The van der Waals surface area contributed by atoms with E-state index < -0.39 is 23.2 Å². The molecule has 1 heterocycles. The van der Waals surface area contributed by atoms with Crippen LogP contribution in [0.2, 0.25) is 0 Å². The van der Waals surface area contributed by atoms with Crippen LogP contribution in [-0.2, 0) is 16.1 Å². The molecular weight excluding hydrogens is 266 g/mol. The van der Waals surface area contributed by atoms with Crippen LogP contribution in [0.3, 0.4) is 0 Å². The highest BCUT2D eigenvalue weighted by atomic mass is 19.2. The number of halogens is 2. The Morgan fingerprint density at radius 2 is 1.90 bits per heavy atom. The third-order valence-corrected chi connectivity index (χ3v) is 3.54. The van der Waals surface area contributed by atoms with E-state index >= 15 is 0 Å². The first-order valence-electron chi connectivity index (χ1n) is 6.30. The van der Waals surface area contributed by atoms with E-state index in [1.54, 1.807) is 20.8 Å². The molecule has 4 nitrogen and oxygen atoms in total. The zero-order valence-electron chi connectivity index (χ0n) is 11.5. The van der Waals surface area contributed by atoms with Gasteiger partial charge in [-0.15, -0.1) is 0 Å². The van der Waals surface area contributed by atoms with Crippen LogP contribution >= 0.6 is 0 Å². The molecule has 1 unspecified atom stereocenters. The summed E-state index contributed by atoms with van der Waals surface area (Å²) in [5.41, 5.74) is -0.596. The maximum atomic E-state index is 13.2.